The zero-order chi connectivity index (χ0) is 11.7. The molecular formula is C11H11BrINO2. The van der Waals surface area contributed by atoms with Crippen molar-refractivity contribution in [2.75, 3.05) is 15.9 Å². The van der Waals surface area contributed by atoms with Gasteiger partial charge in [-0.1, -0.05) is 38.5 Å². The number of halogens is 2. The van der Waals surface area contributed by atoms with Crippen LogP contribution >= 0.6 is 38.5 Å². The molecule has 86 valence electrons. The lowest BCUT2D eigenvalue weighted by Gasteiger charge is -2.13. The third-order valence-electron chi connectivity index (χ3n) is 2.50. The molecule has 0 N–H and O–H groups in total. The van der Waals surface area contributed by atoms with Crippen LogP contribution in [-0.4, -0.2) is 23.2 Å². The molecule has 1 heterocycles. The molecule has 1 fully saturated rings. The fourth-order valence-corrected chi connectivity index (χ4v) is 2.31. The number of rotatable bonds is 2. The van der Waals surface area contributed by atoms with Crippen molar-refractivity contribution in [3.8, 4) is 0 Å². The molecule has 0 radical (unpaired) electrons. The Balaban J connectivity index is 2.24. The van der Waals surface area contributed by atoms with Gasteiger partial charge in [0.05, 0.1) is 6.54 Å². The predicted molar refractivity (Wildman–Crippen MR) is 75.4 cm³/mol. The molecule has 0 spiro atoms. The van der Waals surface area contributed by atoms with Gasteiger partial charge >= 0.3 is 6.09 Å². The summed E-state index contributed by atoms with van der Waals surface area (Å²) < 4.78 is 7.09. The second-order valence-corrected chi connectivity index (χ2v) is 5.44. The molecule has 2 rings (SSSR count). The Labute approximate surface area is 116 Å². The van der Waals surface area contributed by atoms with Gasteiger partial charge in [-0.3, -0.25) is 4.90 Å². The van der Waals surface area contributed by atoms with E-state index in [1.165, 1.54) is 0 Å². The summed E-state index contributed by atoms with van der Waals surface area (Å²) in [5, 5.41) is 0. The molecule has 0 bridgehead atoms. The maximum absolute atomic E-state index is 11.6. The van der Waals surface area contributed by atoms with Crippen LogP contribution in [0.3, 0.4) is 0 Å². The normalized spacial score (nSPS) is 20.1. The van der Waals surface area contributed by atoms with Crippen molar-refractivity contribution in [3.63, 3.8) is 0 Å². The van der Waals surface area contributed by atoms with Crippen molar-refractivity contribution in [1.82, 2.24) is 0 Å². The van der Waals surface area contributed by atoms with Crippen LogP contribution in [0.5, 0.6) is 0 Å². The first-order valence-electron chi connectivity index (χ1n) is 4.92. The summed E-state index contributed by atoms with van der Waals surface area (Å²) >= 11 is 5.67. The van der Waals surface area contributed by atoms with E-state index in [2.05, 4.69) is 38.5 Å². The highest BCUT2D eigenvalue weighted by molar-refractivity contribution is 14.1. The van der Waals surface area contributed by atoms with E-state index in [-0.39, 0.29) is 12.2 Å². The van der Waals surface area contributed by atoms with Crippen molar-refractivity contribution >= 4 is 50.3 Å². The van der Waals surface area contributed by atoms with Crippen LogP contribution in [0.2, 0.25) is 0 Å². The van der Waals surface area contributed by atoms with Gasteiger partial charge in [0, 0.05) is 14.6 Å². The molecule has 1 amide bonds. The van der Waals surface area contributed by atoms with E-state index in [0.717, 1.165) is 20.2 Å². The van der Waals surface area contributed by atoms with Gasteiger partial charge in [-0.15, -0.1) is 0 Å². The number of nitrogens with zero attached hydrogens (tertiary/aromatic N) is 1. The van der Waals surface area contributed by atoms with Crippen LogP contribution in [0.1, 0.15) is 5.56 Å². The van der Waals surface area contributed by atoms with Crippen molar-refractivity contribution in [2.45, 2.75) is 13.0 Å². The smallest absolute Gasteiger partial charge is 0.414 e. The number of hydrogen-bond donors (Lipinski definition) is 0. The van der Waals surface area contributed by atoms with Crippen molar-refractivity contribution in [3.05, 3.63) is 28.2 Å². The van der Waals surface area contributed by atoms with Crippen LogP contribution in [-0.2, 0) is 4.74 Å². The first-order chi connectivity index (χ1) is 7.61. The van der Waals surface area contributed by atoms with Crippen LogP contribution in [0.4, 0.5) is 10.5 Å². The van der Waals surface area contributed by atoms with Gasteiger partial charge in [-0.2, -0.15) is 0 Å². The fraction of sp³-hybridized carbons (Fsp3) is 0.364. The fourth-order valence-electron chi connectivity index (χ4n) is 1.61. The van der Waals surface area contributed by atoms with E-state index in [9.17, 15) is 4.79 Å². The third-order valence-corrected chi connectivity index (χ3v) is 4.37. The molecule has 16 heavy (non-hydrogen) atoms. The molecule has 1 aliphatic heterocycles. The number of amides is 1. The molecule has 1 atom stereocenters. The van der Waals surface area contributed by atoms with Gasteiger partial charge in [-0.05, 0) is 30.7 Å². The minimum Gasteiger partial charge on any atom is -0.443 e. The molecule has 3 nitrogen and oxygen atoms in total. The van der Waals surface area contributed by atoms with Crippen LogP contribution in [0.15, 0.2) is 22.7 Å². The van der Waals surface area contributed by atoms with E-state index in [4.69, 9.17) is 4.74 Å². The molecule has 1 aromatic carbocycles. The van der Waals surface area contributed by atoms with E-state index >= 15 is 0 Å². The Morgan fingerprint density at radius 3 is 2.94 bits per heavy atom. The number of aryl methyl sites for hydroxylation is 1. The highest BCUT2D eigenvalue weighted by atomic mass is 127. The zero-order valence-corrected chi connectivity index (χ0v) is 12.5. The molecule has 1 saturated heterocycles. The van der Waals surface area contributed by atoms with Gasteiger partial charge in [0.2, 0.25) is 0 Å². The summed E-state index contributed by atoms with van der Waals surface area (Å²) in [5.74, 6) is 0. The molecule has 0 aliphatic carbocycles. The molecule has 0 unspecified atom stereocenters. The Morgan fingerprint density at radius 1 is 1.62 bits per heavy atom. The van der Waals surface area contributed by atoms with E-state index < -0.39 is 0 Å². The molecular weight excluding hydrogens is 385 g/mol. The quantitative estimate of drug-likeness (QED) is 0.566. The average molecular weight is 396 g/mol. The standard InChI is InChI=1S/C11H11BrINO2/c1-7-4-8(2-3-10(7)12)14-6-9(5-13)16-11(14)15/h2-4,9H,5-6H2,1H3/t9-/m0/s1. The van der Waals surface area contributed by atoms with Crippen LogP contribution in [0, 0.1) is 6.92 Å². The van der Waals surface area contributed by atoms with Crippen molar-refractivity contribution in [2.24, 2.45) is 0 Å². The van der Waals surface area contributed by atoms with Gasteiger partial charge in [0.15, 0.2) is 0 Å². The van der Waals surface area contributed by atoms with E-state index in [0.29, 0.717) is 6.54 Å². The summed E-state index contributed by atoms with van der Waals surface area (Å²) in [6, 6.07) is 5.87. The lowest BCUT2D eigenvalue weighted by Crippen LogP contribution is -2.24. The number of anilines is 1. The Kier molecular flexibility index (Phi) is 3.73. The monoisotopic (exact) mass is 395 g/mol. The molecule has 0 aromatic heterocycles. The maximum Gasteiger partial charge on any atom is 0.414 e. The number of ether oxygens (including phenoxy) is 1. The Bertz CT molecular complexity index is 424. The van der Waals surface area contributed by atoms with Gasteiger partial charge in [0.1, 0.15) is 6.10 Å². The summed E-state index contributed by atoms with van der Waals surface area (Å²) in [7, 11) is 0. The lowest BCUT2D eigenvalue weighted by molar-refractivity contribution is 0.153. The Hall–Kier alpha value is -0.300. The number of carbonyl (C=O) groups excluding carboxylic acids is 1. The van der Waals surface area contributed by atoms with Crippen molar-refractivity contribution in [1.29, 1.82) is 0 Å². The average Bonchev–Trinajstić information content (AvgIpc) is 2.64. The van der Waals surface area contributed by atoms with Crippen LogP contribution in [0.25, 0.3) is 0 Å². The highest BCUT2D eigenvalue weighted by Gasteiger charge is 2.31. The van der Waals surface area contributed by atoms with Gasteiger partial charge in [-0.25, -0.2) is 4.79 Å². The molecule has 1 aliphatic rings. The first-order valence-corrected chi connectivity index (χ1v) is 7.24. The number of carbonyl (C=O) groups is 1. The van der Waals surface area contributed by atoms with Crippen LogP contribution < -0.4 is 4.90 Å². The largest absolute Gasteiger partial charge is 0.443 e. The lowest BCUT2D eigenvalue weighted by atomic mass is 10.2. The Morgan fingerprint density at radius 2 is 2.38 bits per heavy atom. The van der Waals surface area contributed by atoms with E-state index in [1.54, 1.807) is 4.90 Å². The second-order valence-electron chi connectivity index (χ2n) is 3.70. The summed E-state index contributed by atoms with van der Waals surface area (Å²) in [4.78, 5) is 13.3. The number of hydrogen-bond acceptors (Lipinski definition) is 2. The number of cyclic esters (lactones) is 1. The highest BCUT2D eigenvalue weighted by Crippen LogP contribution is 2.26. The number of alkyl halides is 1. The second kappa shape index (κ2) is 4.91. The summed E-state index contributed by atoms with van der Waals surface area (Å²) in [6.45, 7) is 2.65. The van der Waals surface area contributed by atoms with Gasteiger partial charge in [0.25, 0.3) is 0 Å². The minimum atomic E-state index is -0.247. The maximum atomic E-state index is 11.6. The summed E-state index contributed by atoms with van der Waals surface area (Å²) in [6.07, 6.45) is -0.236. The number of benzene rings is 1. The summed E-state index contributed by atoms with van der Waals surface area (Å²) in [5.41, 5.74) is 2.02. The van der Waals surface area contributed by atoms with Crippen molar-refractivity contribution < 1.29 is 9.53 Å². The topological polar surface area (TPSA) is 29.5 Å². The minimum absolute atomic E-state index is 0.0112. The zero-order valence-electron chi connectivity index (χ0n) is 8.74. The molecule has 1 aromatic rings. The predicted octanol–water partition coefficient (Wildman–Crippen LogP) is 3.52. The SMILES string of the molecule is Cc1cc(N2C[C@H](CI)OC2=O)ccc1Br. The first kappa shape index (κ1) is 12.2. The third kappa shape index (κ3) is 2.34. The van der Waals surface area contributed by atoms with Gasteiger partial charge < -0.3 is 4.74 Å². The molecule has 5 heteroatoms. The van der Waals surface area contributed by atoms with E-state index in [1.807, 2.05) is 25.1 Å². The molecule has 0 saturated carbocycles.